The molecule has 2 aliphatic heterocycles. The summed E-state index contributed by atoms with van der Waals surface area (Å²) in [4.78, 5) is 0.402. The Morgan fingerprint density at radius 3 is 2.93 bits per heavy atom. The predicted molar refractivity (Wildman–Crippen MR) is 57.6 cm³/mol. The SMILES string of the molecule is CC1=C[C@@]2([C@H]3CO3)CO[C@@](C)(C1)[C@H]2Br. The molecule has 78 valence electrons. The molecular formula is C11H15BrO2. The van der Waals surface area contributed by atoms with Gasteiger partial charge in [0.1, 0.15) is 0 Å². The summed E-state index contributed by atoms with van der Waals surface area (Å²) in [5.41, 5.74) is 1.53. The fourth-order valence-electron chi connectivity index (χ4n) is 3.03. The lowest BCUT2D eigenvalue weighted by Gasteiger charge is -2.37. The molecule has 0 N–H and O–H groups in total. The van der Waals surface area contributed by atoms with Gasteiger partial charge < -0.3 is 9.47 Å². The van der Waals surface area contributed by atoms with E-state index >= 15 is 0 Å². The third kappa shape index (κ3) is 1.04. The van der Waals surface area contributed by atoms with Gasteiger partial charge in [-0.25, -0.2) is 0 Å². The van der Waals surface area contributed by atoms with Gasteiger partial charge >= 0.3 is 0 Å². The number of halogens is 1. The van der Waals surface area contributed by atoms with Crippen LogP contribution in [0, 0.1) is 5.41 Å². The average molecular weight is 259 g/mol. The van der Waals surface area contributed by atoms with Gasteiger partial charge in [0.2, 0.25) is 0 Å². The first-order chi connectivity index (χ1) is 6.57. The zero-order chi connectivity index (χ0) is 9.97. The topological polar surface area (TPSA) is 21.8 Å². The zero-order valence-electron chi connectivity index (χ0n) is 8.55. The van der Waals surface area contributed by atoms with Crippen LogP contribution in [0.5, 0.6) is 0 Å². The largest absolute Gasteiger partial charge is 0.373 e. The van der Waals surface area contributed by atoms with E-state index in [0.717, 1.165) is 19.6 Å². The van der Waals surface area contributed by atoms with E-state index in [1.807, 2.05) is 0 Å². The van der Waals surface area contributed by atoms with Gasteiger partial charge in [0, 0.05) is 0 Å². The van der Waals surface area contributed by atoms with Crippen molar-refractivity contribution in [3.63, 3.8) is 0 Å². The van der Waals surface area contributed by atoms with Crippen molar-refractivity contribution in [1.82, 2.24) is 0 Å². The molecule has 0 amide bonds. The Hall–Kier alpha value is 0.140. The minimum Gasteiger partial charge on any atom is -0.373 e. The standard InChI is InChI=1S/C11H15BrO2/c1-7-3-10(2)9(12)11(4-7,6-14-10)8-5-13-8/h4,8-9H,3,5-6H2,1-2H3/t8-,9-,10+,11+/m1/s1. The van der Waals surface area contributed by atoms with Crippen molar-refractivity contribution >= 4 is 15.9 Å². The number of rotatable bonds is 1. The Morgan fingerprint density at radius 2 is 2.29 bits per heavy atom. The molecule has 4 atom stereocenters. The lowest BCUT2D eigenvalue weighted by Crippen LogP contribution is -2.45. The van der Waals surface area contributed by atoms with Crippen molar-refractivity contribution in [3.05, 3.63) is 11.6 Å². The molecule has 3 aliphatic rings. The Balaban J connectivity index is 2.07. The highest BCUT2D eigenvalue weighted by atomic mass is 79.9. The number of ether oxygens (including phenoxy) is 2. The molecule has 0 unspecified atom stereocenters. The first kappa shape index (κ1) is 9.37. The molecule has 2 fully saturated rings. The van der Waals surface area contributed by atoms with Crippen LogP contribution in [0.25, 0.3) is 0 Å². The van der Waals surface area contributed by atoms with Crippen molar-refractivity contribution in [3.8, 4) is 0 Å². The lowest BCUT2D eigenvalue weighted by atomic mass is 9.71. The third-order valence-electron chi connectivity index (χ3n) is 3.74. The van der Waals surface area contributed by atoms with Gasteiger partial charge in [-0.3, -0.25) is 0 Å². The molecular weight excluding hydrogens is 244 g/mol. The second-order valence-electron chi connectivity index (χ2n) is 5.07. The van der Waals surface area contributed by atoms with Gasteiger partial charge in [0.05, 0.1) is 35.2 Å². The van der Waals surface area contributed by atoms with Crippen LogP contribution in [0.15, 0.2) is 11.6 Å². The highest BCUT2D eigenvalue weighted by Gasteiger charge is 2.62. The van der Waals surface area contributed by atoms with E-state index in [9.17, 15) is 0 Å². The first-order valence-electron chi connectivity index (χ1n) is 5.15. The van der Waals surface area contributed by atoms with Crippen LogP contribution in [0.2, 0.25) is 0 Å². The number of epoxide rings is 1. The number of fused-ring (bicyclic) bond motifs is 2. The molecule has 2 nitrogen and oxygen atoms in total. The van der Waals surface area contributed by atoms with Crippen LogP contribution in [0.4, 0.5) is 0 Å². The lowest BCUT2D eigenvalue weighted by molar-refractivity contribution is 0.0229. The summed E-state index contributed by atoms with van der Waals surface area (Å²) in [7, 11) is 0. The summed E-state index contributed by atoms with van der Waals surface area (Å²) in [5, 5.41) is 0. The Kier molecular flexibility index (Phi) is 1.76. The van der Waals surface area contributed by atoms with E-state index in [1.165, 1.54) is 5.57 Å². The molecule has 0 aromatic heterocycles. The fourth-order valence-corrected chi connectivity index (χ4v) is 3.88. The molecule has 1 aliphatic carbocycles. The molecule has 2 saturated heterocycles. The van der Waals surface area contributed by atoms with Gasteiger partial charge in [-0.1, -0.05) is 27.6 Å². The molecule has 0 saturated carbocycles. The third-order valence-corrected chi connectivity index (χ3v) is 5.56. The molecule has 0 aromatic rings. The highest BCUT2D eigenvalue weighted by molar-refractivity contribution is 9.09. The van der Waals surface area contributed by atoms with Crippen LogP contribution in [0.3, 0.4) is 0 Å². The molecule has 0 radical (unpaired) electrons. The molecule has 0 spiro atoms. The summed E-state index contributed by atoms with van der Waals surface area (Å²) in [5.74, 6) is 0. The molecule has 2 heterocycles. The molecule has 2 bridgehead atoms. The predicted octanol–water partition coefficient (Wildman–Crippen LogP) is 2.27. The molecule has 3 rings (SSSR count). The summed E-state index contributed by atoms with van der Waals surface area (Å²) in [6.45, 7) is 6.10. The van der Waals surface area contributed by atoms with E-state index in [2.05, 4.69) is 35.9 Å². The van der Waals surface area contributed by atoms with Gasteiger partial charge in [0.15, 0.2) is 0 Å². The Bertz CT molecular complexity index is 310. The van der Waals surface area contributed by atoms with E-state index < -0.39 is 0 Å². The Morgan fingerprint density at radius 1 is 1.57 bits per heavy atom. The maximum atomic E-state index is 5.97. The number of hydrogen-bond acceptors (Lipinski definition) is 2. The normalized spacial score (nSPS) is 55.8. The molecule has 3 heteroatoms. The van der Waals surface area contributed by atoms with Crippen LogP contribution >= 0.6 is 15.9 Å². The van der Waals surface area contributed by atoms with Crippen molar-refractivity contribution in [1.29, 1.82) is 0 Å². The van der Waals surface area contributed by atoms with Gasteiger partial charge in [-0.2, -0.15) is 0 Å². The van der Waals surface area contributed by atoms with E-state index in [4.69, 9.17) is 9.47 Å². The maximum Gasteiger partial charge on any atom is 0.0934 e. The van der Waals surface area contributed by atoms with E-state index in [-0.39, 0.29) is 11.0 Å². The van der Waals surface area contributed by atoms with Crippen molar-refractivity contribution in [2.75, 3.05) is 13.2 Å². The quantitative estimate of drug-likeness (QED) is 0.409. The summed E-state index contributed by atoms with van der Waals surface area (Å²) in [6, 6.07) is 0. The maximum absolute atomic E-state index is 5.97. The monoisotopic (exact) mass is 258 g/mol. The van der Waals surface area contributed by atoms with Gasteiger partial charge in [-0.05, 0) is 20.3 Å². The molecule has 0 aromatic carbocycles. The van der Waals surface area contributed by atoms with Crippen LogP contribution < -0.4 is 0 Å². The number of hydrogen-bond donors (Lipinski definition) is 0. The summed E-state index contributed by atoms with van der Waals surface area (Å²) < 4.78 is 11.5. The fraction of sp³-hybridized carbons (Fsp3) is 0.818. The zero-order valence-corrected chi connectivity index (χ0v) is 10.1. The minimum absolute atomic E-state index is 0.0230. The summed E-state index contributed by atoms with van der Waals surface area (Å²) >= 11 is 3.81. The average Bonchev–Trinajstić information content (AvgIpc) is 2.89. The van der Waals surface area contributed by atoms with Crippen LogP contribution in [-0.2, 0) is 9.47 Å². The molecule has 14 heavy (non-hydrogen) atoms. The van der Waals surface area contributed by atoms with Crippen molar-refractivity contribution in [2.45, 2.75) is 36.8 Å². The summed E-state index contributed by atoms with van der Waals surface area (Å²) in [6.07, 6.45) is 3.79. The first-order valence-corrected chi connectivity index (χ1v) is 6.06. The second kappa shape index (κ2) is 2.63. The van der Waals surface area contributed by atoms with Crippen LogP contribution in [-0.4, -0.2) is 29.7 Å². The minimum atomic E-state index is -0.0230. The van der Waals surface area contributed by atoms with Crippen LogP contribution in [0.1, 0.15) is 20.3 Å². The van der Waals surface area contributed by atoms with E-state index in [0.29, 0.717) is 10.9 Å². The van der Waals surface area contributed by atoms with Gasteiger partial charge in [-0.15, -0.1) is 0 Å². The van der Waals surface area contributed by atoms with E-state index in [1.54, 1.807) is 0 Å². The number of alkyl halides is 1. The highest BCUT2D eigenvalue weighted by Crippen LogP contribution is 2.56. The van der Waals surface area contributed by atoms with Gasteiger partial charge in [0.25, 0.3) is 0 Å². The second-order valence-corrected chi connectivity index (χ2v) is 5.98. The van der Waals surface area contributed by atoms with Crippen molar-refractivity contribution in [2.24, 2.45) is 5.41 Å². The Labute approximate surface area is 92.8 Å². The van der Waals surface area contributed by atoms with Crippen molar-refractivity contribution < 1.29 is 9.47 Å². The smallest absolute Gasteiger partial charge is 0.0934 e.